The molecule has 1 aromatic heterocycles. The van der Waals surface area contributed by atoms with Crippen LogP contribution in [0.25, 0.3) is 10.8 Å². The maximum Gasteiger partial charge on any atom is 0.144 e. The number of pyridine rings is 1. The monoisotopic (exact) mass is 260 g/mol. The van der Waals surface area contributed by atoms with Crippen LogP contribution in [-0.4, -0.2) is 20.2 Å². The Hall–Kier alpha value is -1.55. The van der Waals surface area contributed by atoms with Gasteiger partial charge in [-0.05, 0) is 26.2 Å². The normalized spacial score (nSPS) is 14.2. The molecular formula is C14H16N2OS. The summed E-state index contributed by atoms with van der Waals surface area (Å²) in [4.78, 5) is 4.16. The van der Waals surface area contributed by atoms with E-state index in [1.165, 1.54) is 0 Å². The highest BCUT2D eigenvalue weighted by atomic mass is 32.2. The molecule has 0 radical (unpaired) electrons. The second-order valence-electron chi connectivity index (χ2n) is 5.05. The van der Waals surface area contributed by atoms with Crippen molar-refractivity contribution in [2.45, 2.75) is 25.5 Å². The van der Waals surface area contributed by atoms with E-state index in [0.717, 1.165) is 16.3 Å². The van der Waals surface area contributed by atoms with Crippen molar-refractivity contribution in [2.24, 2.45) is 4.40 Å². The molecule has 1 aromatic carbocycles. The van der Waals surface area contributed by atoms with Crippen molar-refractivity contribution < 1.29 is 4.21 Å². The molecule has 4 heteroatoms. The highest BCUT2D eigenvalue weighted by molar-refractivity contribution is 7.85. The Kier molecular flexibility index (Phi) is 3.57. The molecule has 2 rings (SSSR count). The predicted octanol–water partition coefficient (Wildman–Crippen LogP) is 3.12. The Labute approximate surface area is 110 Å². The lowest BCUT2D eigenvalue weighted by Gasteiger charge is -2.12. The summed E-state index contributed by atoms with van der Waals surface area (Å²) in [6.07, 6.45) is 5.20. The molecule has 0 aliphatic rings. The fourth-order valence-corrected chi connectivity index (χ4v) is 2.03. The van der Waals surface area contributed by atoms with Crippen molar-refractivity contribution in [3.8, 4) is 0 Å². The van der Waals surface area contributed by atoms with Crippen LogP contribution in [0.15, 0.2) is 41.1 Å². The minimum absolute atomic E-state index is 0.339. The lowest BCUT2D eigenvalue weighted by atomic mass is 10.1. The van der Waals surface area contributed by atoms with Gasteiger partial charge in [0.15, 0.2) is 0 Å². The molecule has 1 atom stereocenters. The lowest BCUT2D eigenvalue weighted by molar-refractivity contribution is 0.651. The number of rotatable bonds is 2. The average Bonchev–Trinajstić information content (AvgIpc) is 2.34. The molecule has 0 spiro atoms. The van der Waals surface area contributed by atoms with Crippen molar-refractivity contribution in [1.29, 1.82) is 0 Å². The zero-order chi connectivity index (χ0) is 13.2. The van der Waals surface area contributed by atoms with Crippen LogP contribution in [0.4, 0.5) is 0 Å². The second kappa shape index (κ2) is 4.98. The number of nitrogens with zero attached hydrogens (tertiary/aromatic N) is 2. The van der Waals surface area contributed by atoms with E-state index in [2.05, 4.69) is 9.38 Å². The Morgan fingerprint density at radius 3 is 2.67 bits per heavy atom. The quantitative estimate of drug-likeness (QED) is 0.779. The number of benzene rings is 1. The first-order valence-electron chi connectivity index (χ1n) is 5.77. The summed E-state index contributed by atoms with van der Waals surface area (Å²) in [5, 5.41) is 2.13. The standard InChI is InChI=1S/C14H16N2OS/c1-14(2,3)18(17)16-10-12-9-15-8-11-6-4-5-7-13(11)12/h4-10H,1-3H3/b16-10+/t18-/m1/s1. The maximum absolute atomic E-state index is 11.9. The summed E-state index contributed by atoms with van der Waals surface area (Å²) < 4.78 is 15.7. The van der Waals surface area contributed by atoms with Gasteiger partial charge >= 0.3 is 0 Å². The molecule has 18 heavy (non-hydrogen) atoms. The van der Waals surface area contributed by atoms with Crippen molar-refractivity contribution in [1.82, 2.24) is 4.98 Å². The molecular weight excluding hydrogens is 244 g/mol. The zero-order valence-corrected chi connectivity index (χ0v) is 11.6. The van der Waals surface area contributed by atoms with Gasteiger partial charge in [0, 0.05) is 29.6 Å². The summed E-state index contributed by atoms with van der Waals surface area (Å²) in [7, 11) is -1.24. The molecule has 0 aliphatic heterocycles. The van der Waals surface area contributed by atoms with Gasteiger partial charge in [-0.15, -0.1) is 0 Å². The minimum Gasteiger partial charge on any atom is -0.263 e. The van der Waals surface area contributed by atoms with E-state index in [-0.39, 0.29) is 4.75 Å². The average molecular weight is 260 g/mol. The van der Waals surface area contributed by atoms with Gasteiger partial charge in [0.2, 0.25) is 0 Å². The molecule has 3 nitrogen and oxygen atoms in total. The molecule has 94 valence electrons. The first-order chi connectivity index (χ1) is 8.48. The van der Waals surface area contributed by atoms with Crippen molar-refractivity contribution in [3.05, 3.63) is 42.2 Å². The SMILES string of the molecule is CC(C)(C)[S@@](=O)/N=C/c1cncc2ccccc12. The predicted molar refractivity (Wildman–Crippen MR) is 77.2 cm³/mol. The fourth-order valence-electron chi connectivity index (χ4n) is 1.51. The number of hydrogen-bond donors (Lipinski definition) is 0. The van der Waals surface area contributed by atoms with Gasteiger partial charge in [-0.3, -0.25) is 4.98 Å². The number of aromatic nitrogens is 1. The van der Waals surface area contributed by atoms with E-state index in [1.807, 2.05) is 51.2 Å². The number of hydrogen-bond acceptors (Lipinski definition) is 2. The molecule has 0 amide bonds. The van der Waals surface area contributed by atoms with E-state index < -0.39 is 11.0 Å². The summed E-state index contributed by atoms with van der Waals surface area (Å²) in [6.45, 7) is 5.71. The van der Waals surface area contributed by atoms with Gasteiger partial charge in [-0.25, -0.2) is 4.21 Å². The van der Waals surface area contributed by atoms with Gasteiger partial charge in [0.25, 0.3) is 0 Å². The third kappa shape index (κ3) is 2.82. The van der Waals surface area contributed by atoms with Crippen LogP contribution >= 0.6 is 0 Å². The van der Waals surface area contributed by atoms with Crippen molar-refractivity contribution in [2.75, 3.05) is 0 Å². The topological polar surface area (TPSA) is 42.3 Å². The van der Waals surface area contributed by atoms with Gasteiger partial charge < -0.3 is 0 Å². The van der Waals surface area contributed by atoms with E-state index >= 15 is 0 Å². The third-order valence-electron chi connectivity index (χ3n) is 2.51. The molecule has 0 bridgehead atoms. The van der Waals surface area contributed by atoms with E-state index in [1.54, 1.807) is 12.4 Å². The minimum atomic E-state index is -1.24. The summed E-state index contributed by atoms with van der Waals surface area (Å²) >= 11 is 0. The molecule has 1 heterocycles. The van der Waals surface area contributed by atoms with Gasteiger partial charge in [-0.2, -0.15) is 4.40 Å². The molecule has 0 saturated carbocycles. The molecule has 0 aliphatic carbocycles. The van der Waals surface area contributed by atoms with Gasteiger partial charge in [-0.1, -0.05) is 24.3 Å². The highest BCUT2D eigenvalue weighted by Crippen LogP contribution is 2.17. The van der Waals surface area contributed by atoms with Crippen molar-refractivity contribution in [3.63, 3.8) is 0 Å². The van der Waals surface area contributed by atoms with E-state index in [0.29, 0.717) is 0 Å². The summed E-state index contributed by atoms with van der Waals surface area (Å²) in [5.74, 6) is 0. The van der Waals surface area contributed by atoms with Gasteiger partial charge in [0.1, 0.15) is 11.0 Å². The molecule has 0 N–H and O–H groups in total. The van der Waals surface area contributed by atoms with Crippen LogP contribution in [0.5, 0.6) is 0 Å². The molecule has 0 unspecified atom stereocenters. The van der Waals surface area contributed by atoms with Crippen molar-refractivity contribution >= 4 is 28.0 Å². The van der Waals surface area contributed by atoms with Crippen LogP contribution in [-0.2, 0) is 11.0 Å². The van der Waals surface area contributed by atoms with Gasteiger partial charge in [0.05, 0.1) is 4.75 Å². The largest absolute Gasteiger partial charge is 0.263 e. The lowest BCUT2D eigenvalue weighted by Crippen LogP contribution is -2.19. The Balaban J connectivity index is 2.38. The maximum atomic E-state index is 11.9. The first kappa shape index (κ1) is 12.9. The summed E-state index contributed by atoms with van der Waals surface area (Å²) in [6, 6.07) is 7.96. The molecule has 0 saturated heterocycles. The van der Waals surface area contributed by atoms with Crippen LogP contribution < -0.4 is 0 Å². The number of fused-ring (bicyclic) bond motifs is 1. The van der Waals surface area contributed by atoms with E-state index in [4.69, 9.17) is 0 Å². The van der Waals surface area contributed by atoms with Crippen LogP contribution in [0.3, 0.4) is 0 Å². The van der Waals surface area contributed by atoms with Crippen LogP contribution in [0.1, 0.15) is 26.3 Å². The third-order valence-corrected chi connectivity index (χ3v) is 3.86. The Bertz CT molecular complexity index is 609. The van der Waals surface area contributed by atoms with Crippen LogP contribution in [0, 0.1) is 0 Å². The zero-order valence-electron chi connectivity index (χ0n) is 10.8. The smallest absolute Gasteiger partial charge is 0.144 e. The Morgan fingerprint density at radius 2 is 1.94 bits per heavy atom. The van der Waals surface area contributed by atoms with E-state index in [9.17, 15) is 4.21 Å². The fraction of sp³-hybridized carbons (Fsp3) is 0.286. The second-order valence-corrected chi connectivity index (χ2v) is 6.98. The summed E-state index contributed by atoms with van der Waals surface area (Å²) in [5.41, 5.74) is 0.894. The molecule has 0 fully saturated rings. The Morgan fingerprint density at radius 1 is 1.22 bits per heavy atom. The first-order valence-corrected chi connectivity index (χ1v) is 6.88. The molecule has 2 aromatic rings. The highest BCUT2D eigenvalue weighted by Gasteiger charge is 2.18. The van der Waals surface area contributed by atoms with Crippen LogP contribution in [0.2, 0.25) is 0 Å².